The molecule has 4 heteroatoms. The van der Waals surface area contributed by atoms with Gasteiger partial charge >= 0.3 is 0 Å². The van der Waals surface area contributed by atoms with Crippen LogP contribution in [-0.4, -0.2) is 15.5 Å². The van der Waals surface area contributed by atoms with E-state index in [4.69, 9.17) is 0 Å². The van der Waals surface area contributed by atoms with Crippen molar-refractivity contribution in [1.82, 2.24) is 9.55 Å². The van der Waals surface area contributed by atoms with E-state index in [2.05, 4.69) is 10.3 Å². The molecule has 4 nitrogen and oxygen atoms in total. The fourth-order valence-electron chi connectivity index (χ4n) is 2.92. The highest BCUT2D eigenvalue weighted by Gasteiger charge is 2.11. The molecule has 4 rings (SSSR count). The van der Waals surface area contributed by atoms with Crippen LogP contribution in [0.3, 0.4) is 0 Å². The molecular weight excluding hydrogens is 310 g/mol. The van der Waals surface area contributed by atoms with Crippen molar-refractivity contribution in [3.05, 3.63) is 90.4 Å². The highest BCUT2D eigenvalue weighted by atomic mass is 16.1. The highest BCUT2D eigenvalue weighted by Crippen LogP contribution is 2.22. The van der Waals surface area contributed by atoms with Crippen molar-refractivity contribution < 1.29 is 4.79 Å². The third-order valence-electron chi connectivity index (χ3n) is 4.23. The molecule has 2 heterocycles. The average molecular weight is 327 g/mol. The van der Waals surface area contributed by atoms with Crippen LogP contribution < -0.4 is 5.32 Å². The van der Waals surface area contributed by atoms with Crippen LogP contribution in [0.5, 0.6) is 0 Å². The molecule has 0 aliphatic carbocycles. The Labute approximate surface area is 145 Å². The maximum absolute atomic E-state index is 12.7. The van der Waals surface area contributed by atoms with E-state index in [0.29, 0.717) is 11.3 Å². The van der Waals surface area contributed by atoms with Gasteiger partial charge in [0, 0.05) is 35.2 Å². The number of fused-ring (bicyclic) bond motifs is 1. The average Bonchev–Trinajstić information content (AvgIpc) is 3.17. The zero-order valence-electron chi connectivity index (χ0n) is 13.8. The van der Waals surface area contributed by atoms with Crippen LogP contribution in [-0.2, 0) is 0 Å². The number of carbonyl (C=O) groups is 1. The Morgan fingerprint density at radius 1 is 1.00 bits per heavy atom. The monoisotopic (exact) mass is 327 g/mol. The normalized spacial score (nSPS) is 10.8. The van der Waals surface area contributed by atoms with Gasteiger partial charge in [0.1, 0.15) is 0 Å². The number of para-hydroxylation sites is 1. The van der Waals surface area contributed by atoms with Crippen molar-refractivity contribution in [3.63, 3.8) is 0 Å². The molecule has 25 heavy (non-hydrogen) atoms. The fourth-order valence-corrected chi connectivity index (χ4v) is 2.92. The van der Waals surface area contributed by atoms with Gasteiger partial charge in [-0.2, -0.15) is 0 Å². The van der Waals surface area contributed by atoms with Crippen LogP contribution >= 0.6 is 0 Å². The van der Waals surface area contributed by atoms with Crippen molar-refractivity contribution in [2.45, 2.75) is 6.92 Å². The number of amides is 1. The van der Waals surface area contributed by atoms with Gasteiger partial charge in [-0.15, -0.1) is 0 Å². The number of nitrogens with zero attached hydrogens (tertiary/aromatic N) is 2. The standard InChI is InChI=1S/C21H17N3O/c1-15-9-10-17(14-19(15)24-12-2-3-13-24)21(25)23-18-8-4-6-16-7-5-11-22-20(16)18/h2-14H,1H3,(H,23,25). The molecule has 0 saturated heterocycles. The van der Waals surface area contributed by atoms with Gasteiger partial charge in [0.2, 0.25) is 0 Å². The minimum Gasteiger partial charge on any atom is -0.324 e. The first-order valence-corrected chi connectivity index (χ1v) is 8.11. The van der Waals surface area contributed by atoms with E-state index in [1.54, 1.807) is 6.20 Å². The minimum absolute atomic E-state index is 0.147. The minimum atomic E-state index is -0.147. The van der Waals surface area contributed by atoms with Crippen LogP contribution in [0.25, 0.3) is 16.6 Å². The van der Waals surface area contributed by atoms with E-state index >= 15 is 0 Å². The molecule has 0 fully saturated rings. The molecule has 1 amide bonds. The number of hydrogen-bond donors (Lipinski definition) is 1. The van der Waals surface area contributed by atoms with Gasteiger partial charge in [0.25, 0.3) is 5.91 Å². The van der Waals surface area contributed by atoms with Crippen LogP contribution in [0.4, 0.5) is 5.69 Å². The number of benzene rings is 2. The van der Waals surface area contributed by atoms with Crippen molar-refractivity contribution >= 4 is 22.5 Å². The number of aromatic nitrogens is 2. The van der Waals surface area contributed by atoms with Crippen LogP contribution in [0.1, 0.15) is 15.9 Å². The molecule has 122 valence electrons. The lowest BCUT2D eigenvalue weighted by atomic mass is 10.1. The Bertz CT molecular complexity index is 1050. The Morgan fingerprint density at radius 2 is 1.80 bits per heavy atom. The second-order valence-corrected chi connectivity index (χ2v) is 5.93. The maximum Gasteiger partial charge on any atom is 0.255 e. The molecule has 0 spiro atoms. The third kappa shape index (κ3) is 2.90. The summed E-state index contributed by atoms with van der Waals surface area (Å²) in [7, 11) is 0. The van der Waals surface area contributed by atoms with Gasteiger partial charge in [0.05, 0.1) is 11.2 Å². The number of rotatable bonds is 3. The van der Waals surface area contributed by atoms with E-state index in [1.165, 1.54) is 0 Å². The van der Waals surface area contributed by atoms with Crippen LogP contribution in [0.2, 0.25) is 0 Å². The molecule has 0 unspecified atom stereocenters. The topological polar surface area (TPSA) is 46.9 Å². The molecule has 4 aromatic rings. The predicted octanol–water partition coefficient (Wildman–Crippen LogP) is 4.59. The second-order valence-electron chi connectivity index (χ2n) is 5.93. The highest BCUT2D eigenvalue weighted by molar-refractivity contribution is 6.08. The molecule has 0 aliphatic heterocycles. The van der Waals surface area contributed by atoms with Gasteiger partial charge in [-0.05, 0) is 48.9 Å². The van der Waals surface area contributed by atoms with E-state index in [-0.39, 0.29) is 5.91 Å². The van der Waals surface area contributed by atoms with Crippen LogP contribution in [0, 0.1) is 6.92 Å². The van der Waals surface area contributed by atoms with Gasteiger partial charge < -0.3 is 9.88 Å². The summed E-state index contributed by atoms with van der Waals surface area (Å²) < 4.78 is 2.01. The first-order valence-electron chi connectivity index (χ1n) is 8.11. The Morgan fingerprint density at radius 3 is 2.64 bits per heavy atom. The molecule has 2 aromatic carbocycles. The third-order valence-corrected chi connectivity index (χ3v) is 4.23. The first-order chi connectivity index (χ1) is 12.2. The van der Waals surface area contributed by atoms with E-state index in [1.807, 2.05) is 84.5 Å². The molecule has 0 radical (unpaired) electrons. The summed E-state index contributed by atoms with van der Waals surface area (Å²) in [5, 5.41) is 3.98. The Balaban J connectivity index is 1.68. The number of aryl methyl sites for hydroxylation is 1. The van der Waals surface area contributed by atoms with Crippen molar-refractivity contribution in [2.75, 3.05) is 5.32 Å². The lowest BCUT2D eigenvalue weighted by Gasteiger charge is -2.11. The summed E-state index contributed by atoms with van der Waals surface area (Å²) in [6.07, 6.45) is 5.67. The SMILES string of the molecule is Cc1ccc(C(=O)Nc2cccc3cccnc23)cc1-n1cccc1. The Hall–Kier alpha value is -3.40. The fraction of sp³-hybridized carbons (Fsp3) is 0.0476. The number of nitrogens with one attached hydrogen (secondary N) is 1. The molecule has 0 aliphatic rings. The van der Waals surface area contributed by atoms with Gasteiger partial charge in [-0.1, -0.05) is 24.3 Å². The summed E-state index contributed by atoms with van der Waals surface area (Å²) in [5.74, 6) is -0.147. The lowest BCUT2D eigenvalue weighted by Crippen LogP contribution is -2.13. The van der Waals surface area contributed by atoms with Gasteiger partial charge in [-0.25, -0.2) is 0 Å². The number of pyridine rings is 1. The molecule has 2 aromatic heterocycles. The van der Waals surface area contributed by atoms with E-state index < -0.39 is 0 Å². The zero-order chi connectivity index (χ0) is 17.2. The lowest BCUT2D eigenvalue weighted by molar-refractivity contribution is 0.102. The second kappa shape index (κ2) is 6.24. The first kappa shape index (κ1) is 15.1. The van der Waals surface area contributed by atoms with E-state index in [9.17, 15) is 4.79 Å². The summed E-state index contributed by atoms with van der Waals surface area (Å²) in [6, 6.07) is 19.3. The zero-order valence-corrected chi connectivity index (χ0v) is 13.8. The number of hydrogen-bond acceptors (Lipinski definition) is 2. The van der Waals surface area contributed by atoms with Crippen molar-refractivity contribution in [2.24, 2.45) is 0 Å². The van der Waals surface area contributed by atoms with Crippen molar-refractivity contribution in [3.8, 4) is 5.69 Å². The largest absolute Gasteiger partial charge is 0.324 e. The summed E-state index contributed by atoms with van der Waals surface area (Å²) in [5.41, 5.74) is 4.22. The maximum atomic E-state index is 12.7. The summed E-state index contributed by atoms with van der Waals surface area (Å²) in [6.45, 7) is 2.03. The van der Waals surface area contributed by atoms with Crippen LogP contribution in [0.15, 0.2) is 79.3 Å². The number of carbonyl (C=O) groups excluding carboxylic acids is 1. The quantitative estimate of drug-likeness (QED) is 0.598. The molecule has 0 bridgehead atoms. The van der Waals surface area contributed by atoms with Gasteiger partial charge in [-0.3, -0.25) is 9.78 Å². The van der Waals surface area contributed by atoms with Crippen molar-refractivity contribution in [1.29, 1.82) is 0 Å². The number of anilines is 1. The predicted molar refractivity (Wildman–Crippen MR) is 100 cm³/mol. The van der Waals surface area contributed by atoms with E-state index in [0.717, 1.165) is 22.2 Å². The summed E-state index contributed by atoms with van der Waals surface area (Å²) in [4.78, 5) is 17.1. The molecule has 0 atom stereocenters. The Kier molecular flexibility index (Phi) is 3.78. The summed E-state index contributed by atoms with van der Waals surface area (Å²) >= 11 is 0. The molecule has 1 N–H and O–H groups in total. The van der Waals surface area contributed by atoms with Gasteiger partial charge in [0.15, 0.2) is 0 Å². The molecule has 0 saturated carbocycles. The smallest absolute Gasteiger partial charge is 0.255 e. The molecular formula is C21H17N3O.